The van der Waals surface area contributed by atoms with Crippen molar-refractivity contribution in [2.24, 2.45) is 16.8 Å². The molecule has 1 atom stereocenters. The highest BCUT2D eigenvalue weighted by Crippen LogP contribution is 2.20. The maximum Gasteiger partial charge on any atom is 0.193 e. The Morgan fingerprint density at radius 3 is 2.85 bits per heavy atom. The fraction of sp³-hybridized carbons (Fsp3) is 0.762. The summed E-state index contributed by atoms with van der Waals surface area (Å²) >= 11 is 0. The molecule has 0 saturated carbocycles. The molecule has 2 saturated heterocycles. The summed E-state index contributed by atoms with van der Waals surface area (Å²) in [7, 11) is 0. The zero-order chi connectivity index (χ0) is 18.2. The molecule has 1 unspecified atom stereocenters. The van der Waals surface area contributed by atoms with Crippen LogP contribution in [0.2, 0.25) is 0 Å². The zero-order valence-corrected chi connectivity index (χ0v) is 16.6. The Labute approximate surface area is 158 Å². The van der Waals surface area contributed by atoms with Crippen LogP contribution in [-0.4, -0.2) is 61.6 Å². The second kappa shape index (κ2) is 10.0. The number of hydrogen-bond donors (Lipinski definition) is 1. The standard InChI is InChI=1S/C21H36N4O/c1-18(2)15-23-21(22-10-8-20-7-6-14-26-20)25-13-9-19(17-25)16-24-11-4-3-5-12-24/h6-7,14,18-19H,3-5,8-13,15-17H2,1-2H3,(H,22,23). The zero-order valence-electron chi connectivity index (χ0n) is 16.6. The van der Waals surface area contributed by atoms with Gasteiger partial charge in [0.15, 0.2) is 5.96 Å². The Morgan fingerprint density at radius 1 is 1.27 bits per heavy atom. The molecule has 26 heavy (non-hydrogen) atoms. The van der Waals surface area contributed by atoms with Gasteiger partial charge in [-0.3, -0.25) is 4.99 Å². The predicted octanol–water partition coefficient (Wildman–Crippen LogP) is 3.23. The summed E-state index contributed by atoms with van der Waals surface area (Å²) in [6.07, 6.45) is 8.11. The third-order valence-electron chi connectivity index (χ3n) is 5.39. The number of likely N-dealkylation sites (tertiary alicyclic amines) is 2. The summed E-state index contributed by atoms with van der Waals surface area (Å²) < 4.78 is 5.44. The Bertz CT molecular complexity index is 534. The highest BCUT2D eigenvalue weighted by Gasteiger charge is 2.27. The minimum atomic E-state index is 0.587. The summed E-state index contributed by atoms with van der Waals surface area (Å²) in [4.78, 5) is 10.0. The second-order valence-electron chi connectivity index (χ2n) is 8.28. The summed E-state index contributed by atoms with van der Waals surface area (Å²) in [5.74, 6) is 3.49. The van der Waals surface area contributed by atoms with Gasteiger partial charge in [0.2, 0.25) is 0 Å². The van der Waals surface area contributed by atoms with E-state index >= 15 is 0 Å². The van der Waals surface area contributed by atoms with E-state index in [1.165, 1.54) is 45.3 Å². The molecule has 3 rings (SSSR count). The molecule has 0 spiro atoms. The van der Waals surface area contributed by atoms with E-state index in [0.717, 1.165) is 50.2 Å². The van der Waals surface area contributed by atoms with Crippen LogP contribution in [0.15, 0.2) is 27.8 Å². The van der Waals surface area contributed by atoms with Crippen LogP contribution in [0.4, 0.5) is 0 Å². The van der Waals surface area contributed by atoms with Crippen LogP contribution in [0.3, 0.4) is 0 Å². The molecule has 146 valence electrons. The Balaban J connectivity index is 1.49. The first kappa shape index (κ1) is 19.3. The van der Waals surface area contributed by atoms with Gasteiger partial charge in [0.1, 0.15) is 5.76 Å². The lowest BCUT2D eigenvalue weighted by atomic mass is 10.1. The molecule has 0 amide bonds. The van der Waals surface area contributed by atoms with Crippen LogP contribution in [0.5, 0.6) is 0 Å². The second-order valence-corrected chi connectivity index (χ2v) is 8.28. The smallest absolute Gasteiger partial charge is 0.193 e. The van der Waals surface area contributed by atoms with Gasteiger partial charge in [0.05, 0.1) is 6.26 Å². The lowest BCUT2D eigenvalue weighted by Crippen LogP contribution is -2.42. The van der Waals surface area contributed by atoms with Crippen LogP contribution in [0.25, 0.3) is 0 Å². The number of aliphatic imine (C=N–C) groups is 1. The van der Waals surface area contributed by atoms with E-state index < -0.39 is 0 Å². The maximum absolute atomic E-state index is 5.44. The molecule has 0 bridgehead atoms. The van der Waals surface area contributed by atoms with Crippen LogP contribution in [-0.2, 0) is 6.42 Å². The van der Waals surface area contributed by atoms with E-state index in [0.29, 0.717) is 5.92 Å². The van der Waals surface area contributed by atoms with E-state index in [9.17, 15) is 0 Å². The summed E-state index contributed by atoms with van der Waals surface area (Å²) in [6, 6.07) is 3.99. The molecule has 3 heterocycles. The molecular formula is C21H36N4O. The van der Waals surface area contributed by atoms with E-state index in [4.69, 9.17) is 9.41 Å². The van der Waals surface area contributed by atoms with Gasteiger partial charge in [-0.15, -0.1) is 0 Å². The molecule has 0 aromatic carbocycles. The molecule has 1 N–H and O–H groups in total. The average Bonchev–Trinajstić information content (AvgIpc) is 3.31. The van der Waals surface area contributed by atoms with Gasteiger partial charge in [-0.05, 0) is 56.3 Å². The molecule has 1 aromatic heterocycles. The molecule has 0 radical (unpaired) electrons. The fourth-order valence-electron chi connectivity index (χ4n) is 3.97. The first-order valence-corrected chi connectivity index (χ1v) is 10.5. The van der Waals surface area contributed by atoms with Crippen LogP contribution in [0.1, 0.15) is 45.3 Å². The van der Waals surface area contributed by atoms with E-state index in [-0.39, 0.29) is 0 Å². The summed E-state index contributed by atoms with van der Waals surface area (Å²) in [5.41, 5.74) is 0. The third-order valence-corrected chi connectivity index (χ3v) is 5.39. The van der Waals surface area contributed by atoms with E-state index in [2.05, 4.69) is 29.0 Å². The number of furan rings is 1. The van der Waals surface area contributed by atoms with Crippen molar-refractivity contribution < 1.29 is 4.42 Å². The Morgan fingerprint density at radius 2 is 2.12 bits per heavy atom. The quantitative estimate of drug-likeness (QED) is 0.599. The Hall–Kier alpha value is -1.49. The van der Waals surface area contributed by atoms with Crippen molar-refractivity contribution in [1.29, 1.82) is 0 Å². The van der Waals surface area contributed by atoms with Crippen molar-refractivity contribution >= 4 is 5.96 Å². The fourth-order valence-corrected chi connectivity index (χ4v) is 3.97. The number of rotatable bonds is 7. The highest BCUT2D eigenvalue weighted by molar-refractivity contribution is 5.80. The van der Waals surface area contributed by atoms with Gasteiger partial charge < -0.3 is 19.5 Å². The molecule has 2 fully saturated rings. The summed E-state index contributed by atoms with van der Waals surface area (Å²) in [5, 5.41) is 3.58. The molecule has 2 aliphatic rings. The van der Waals surface area contributed by atoms with Gasteiger partial charge in [0.25, 0.3) is 0 Å². The normalized spacial score (nSPS) is 22.3. The first-order chi connectivity index (χ1) is 12.7. The number of hydrogen-bond acceptors (Lipinski definition) is 3. The van der Waals surface area contributed by atoms with Crippen molar-refractivity contribution in [2.45, 2.75) is 46.0 Å². The lowest BCUT2D eigenvalue weighted by Gasteiger charge is -2.29. The average molecular weight is 361 g/mol. The number of nitrogens with one attached hydrogen (secondary N) is 1. The first-order valence-electron chi connectivity index (χ1n) is 10.5. The molecule has 0 aliphatic carbocycles. The number of piperidine rings is 1. The topological polar surface area (TPSA) is 44.0 Å². The molecule has 5 heteroatoms. The van der Waals surface area contributed by atoms with Crippen LogP contribution >= 0.6 is 0 Å². The minimum absolute atomic E-state index is 0.587. The van der Waals surface area contributed by atoms with Gasteiger partial charge in [-0.2, -0.15) is 0 Å². The van der Waals surface area contributed by atoms with Crippen molar-refractivity contribution in [3.05, 3.63) is 24.2 Å². The van der Waals surface area contributed by atoms with Crippen molar-refractivity contribution in [3.8, 4) is 0 Å². The predicted molar refractivity (Wildman–Crippen MR) is 108 cm³/mol. The highest BCUT2D eigenvalue weighted by atomic mass is 16.3. The monoisotopic (exact) mass is 360 g/mol. The number of guanidine groups is 1. The Kier molecular flexibility index (Phi) is 7.42. The summed E-state index contributed by atoms with van der Waals surface area (Å²) in [6.45, 7) is 12.3. The molecule has 5 nitrogen and oxygen atoms in total. The minimum Gasteiger partial charge on any atom is -0.469 e. The van der Waals surface area contributed by atoms with Gasteiger partial charge in [0, 0.05) is 39.1 Å². The molecular weight excluding hydrogens is 324 g/mol. The van der Waals surface area contributed by atoms with Crippen LogP contribution < -0.4 is 5.32 Å². The third kappa shape index (κ3) is 6.04. The molecule has 1 aromatic rings. The van der Waals surface area contributed by atoms with Crippen molar-refractivity contribution in [1.82, 2.24) is 15.1 Å². The van der Waals surface area contributed by atoms with E-state index in [1.54, 1.807) is 6.26 Å². The maximum atomic E-state index is 5.44. The largest absolute Gasteiger partial charge is 0.469 e. The van der Waals surface area contributed by atoms with Crippen molar-refractivity contribution in [3.63, 3.8) is 0 Å². The lowest BCUT2D eigenvalue weighted by molar-refractivity contribution is 0.198. The van der Waals surface area contributed by atoms with Gasteiger partial charge >= 0.3 is 0 Å². The van der Waals surface area contributed by atoms with Gasteiger partial charge in [-0.25, -0.2) is 0 Å². The van der Waals surface area contributed by atoms with Crippen molar-refractivity contribution in [2.75, 3.05) is 45.8 Å². The molecule has 2 aliphatic heterocycles. The van der Waals surface area contributed by atoms with Crippen LogP contribution in [0, 0.1) is 11.8 Å². The van der Waals surface area contributed by atoms with E-state index in [1.807, 2.05) is 12.1 Å². The number of nitrogens with zero attached hydrogens (tertiary/aromatic N) is 3. The SMILES string of the molecule is CC(C)CN=C(NCCc1ccco1)N1CCC(CN2CCCCC2)C1. The van der Waals surface area contributed by atoms with Gasteiger partial charge in [-0.1, -0.05) is 20.3 Å².